The van der Waals surface area contributed by atoms with Crippen LogP contribution in [0.1, 0.15) is 38.7 Å². The fraction of sp³-hybridized carbons (Fsp3) is 0.588. The molecule has 2 rings (SSSR count). The molecule has 1 aromatic carbocycles. The molecule has 1 fully saturated rings. The molecule has 0 aliphatic heterocycles. The lowest BCUT2D eigenvalue weighted by molar-refractivity contribution is -0.123. The van der Waals surface area contributed by atoms with Gasteiger partial charge >= 0.3 is 0 Å². The predicted molar refractivity (Wildman–Crippen MR) is 82.3 cm³/mol. The number of rotatable bonds is 8. The Morgan fingerprint density at radius 3 is 2.86 bits per heavy atom. The third kappa shape index (κ3) is 4.46. The summed E-state index contributed by atoms with van der Waals surface area (Å²) >= 11 is 0. The molecule has 1 aliphatic rings. The maximum atomic E-state index is 12.2. The molecule has 0 saturated heterocycles. The van der Waals surface area contributed by atoms with Crippen LogP contribution >= 0.6 is 0 Å². The molecule has 0 bridgehead atoms. The van der Waals surface area contributed by atoms with Gasteiger partial charge in [0, 0.05) is 0 Å². The van der Waals surface area contributed by atoms with Crippen LogP contribution < -0.4 is 10.1 Å². The minimum Gasteiger partial charge on any atom is -0.494 e. The van der Waals surface area contributed by atoms with Crippen LogP contribution in [0.5, 0.6) is 5.75 Å². The van der Waals surface area contributed by atoms with Gasteiger partial charge in [-0.05, 0) is 49.8 Å². The standard InChI is InChI=1S/C17H25NO3/c1-3-9-21-15-6-4-5-13(10-15)11-16(20)18-17(2,12-19)14-7-8-14/h4-6,10,14,19H,3,7-9,11-12H2,1-2H3,(H,18,20). The first-order chi connectivity index (χ1) is 10.1. The van der Waals surface area contributed by atoms with Gasteiger partial charge in [-0.25, -0.2) is 0 Å². The zero-order valence-electron chi connectivity index (χ0n) is 12.9. The second kappa shape index (κ2) is 6.94. The van der Waals surface area contributed by atoms with Crippen molar-refractivity contribution in [3.63, 3.8) is 0 Å². The van der Waals surface area contributed by atoms with E-state index in [1.165, 1.54) is 0 Å². The normalized spacial score (nSPS) is 17.1. The van der Waals surface area contributed by atoms with Crippen LogP contribution in [0, 0.1) is 5.92 Å². The van der Waals surface area contributed by atoms with Gasteiger partial charge in [-0.15, -0.1) is 0 Å². The Bertz CT molecular complexity index is 485. The minimum absolute atomic E-state index is 0.0109. The lowest BCUT2D eigenvalue weighted by Crippen LogP contribution is -2.51. The number of hydrogen-bond donors (Lipinski definition) is 2. The van der Waals surface area contributed by atoms with Crippen molar-refractivity contribution in [3.05, 3.63) is 29.8 Å². The maximum absolute atomic E-state index is 12.2. The van der Waals surface area contributed by atoms with Crippen molar-refractivity contribution in [2.75, 3.05) is 13.2 Å². The van der Waals surface area contributed by atoms with Gasteiger partial charge in [-0.3, -0.25) is 4.79 Å². The molecule has 21 heavy (non-hydrogen) atoms. The monoisotopic (exact) mass is 291 g/mol. The van der Waals surface area contributed by atoms with Crippen LogP contribution in [0.25, 0.3) is 0 Å². The number of benzene rings is 1. The highest BCUT2D eigenvalue weighted by molar-refractivity contribution is 5.79. The highest BCUT2D eigenvalue weighted by Crippen LogP contribution is 2.39. The van der Waals surface area contributed by atoms with Crippen LogP contribution in [-0.4, -0.2) is 29.8 Å². The molecule has 1 saturated carbocycles. The SMILES string of the molecule is CCCOc1cccc(CC(=O)NC(C)(CO)C2CC2)c1. The Morgan fingerprint density at radius 2 is 2.24 bits per heavy atom. The third-order valence-electron chi connectivity index (χ3n) is 3.97. The molecule has 0 radical (unpaired) electrons. The zero-order chi connectivity index (χ0) is 15.3. The molecule has 1 aliphatic carbocycles. The summed E-state index contributed by atoms with van der Waals surface area (Å²) < 4.78 is 5.58. The van der Waals surface area contributed by atoms with Crippen LogP contribution in [0.3, 0.4) is 0 Å². The van der Waals surface area contributed by atoms with E-state index >= 15 is 0 Å². The van der Waals surface area contributed by atoms with Gasteiger partial charge in [-0.1, -0.05) is 19.1 Å². The average molecular weight is 291 g/mol. The summed E-state index contributed by atoms with van der Waals surface area (Å²) in [5, 5.41) is 12.5. The topological polar surface area (TPSA) is 58.6 Å². The van der Waals surface area contributed by atoms with E-state index in [1.807, 2.05) is 31.2 Å². The highest BCUT2D eigenvalue weighted by Gasteiger charge is 2.42. The maximum Gasteiger partial charge on any atom is 0.224 e. The van der Waals surface area contributed by atoms with E-state index < -0.39 is 5.54 Å². The first-order valence-electron chi connectivity index (χ1n) is 7.71. The summed E-state index contributed by atoms with van der Waals surface area (Å²) in [7, 11) is 0. The first kappa shape index (κ1) is 15.8. The molecule has 0 heterocycles. The summed E-state index contributed by atoms with van der Waals surface area (Å²) in [5.41, 5.74) is 0.449. The summed E-state index contributed by atoms with van der Waals surface area (Å²) in [5.74, 6) is 1.16. The Hall–Kier alpha value is -1.55. The lowest BCUT2D eigenvalue weighted by atomic mass is 9.96. The summed E-state index contributed by atoms with van der Waals surface area (Å²) in [6.45, 7) is 4.65. The van der Waals surface area contributed by atoms with Crippen LogP contribution in [-0.2, 0) is 11.2 Å². The van der Waals surface area contributed by atoms with E-state index in [2.05, 4.69) is 12.2 Å². The first-order valence-corrected chi connectivity index (χ1v) is 7.71. The van der Waals surface area contributed by atoms with Gasteiger partial charge in [-0.2, -0.15) is 0 Å². The van der Waals surface area contributed by atoms with Crippen molar-refractivity contribution < 1.29 is 14.6 Å². The van der Waals surface area contributed by atoms with Gasteiger partial charge in [0.15, 0.2) is 0 Å². The number of ether oxygens (including phenoxy) is 1. The van der Waals surface area contributed by atoms with Gasteiger partial charge in [0.2, 0.25) is 5.91 Å². The molecule has 4 nitrogen and oxygen atoms in total. The lowest BCUT2D eigenvalue weighted by Gasteiger charge is -2.28. The zero-order valence-corrected chi connectivity index (χ0v) is 12.9. The molecular weight excluding hydrogens is 266 g/mol. The van der Waals surface area contributed by atoms with E-state index in [4.69, 9.17) is 4.74 Å². The second-order valence-corrected chi connectivity index (χ2v) is 6.07. The van der Waals surface area contributed by atoms with Crippen molar-refractivity contribution in [2.45, 2.75) is 45.1 Å². The fourth-order valence-corrected chi connectivity index (χ4v) is 2.50. The predicted octanol–water partition coefficient (Wildman–Crippen LogP) is 2.30. The molecule has 116 valence electrons. The van der Waals surface area contributed by atoms with Gasteiger partial charge in [0.1, 0.15) is 5.75 Å². The van der Waals surface area contributed by atoms with E-state index in [-0.39, 0.29) is 12.5 Å². The van der Waals surface area contributed by atoms with E-state index in [0.717, 1.165) is 30.6 Å². The molecule has 1 atom stereocenters. The second-order valence-electron chi connectivity index (χ2n) is 6.07. The number of aliphatic hydroxyl groups excluding tert-OH is 1. The molecular formula is C17H25NO3. The van der Waals surface area contributed by atoms with E-state index in [9.17, 15) is 9.90 Å². The summed E-state index contributed by atoms with van der Waals surface area (Å²) in [6.07, 6.45) is 3.43. The largest absolute Gasteiger partial charge is 0.494 e. The van der Waals surface area contributed by atoms with Crippen LogP contribution in [0.2, 0.25) is 0 Å². The summed E-state index contributed by atoms with van der Waals surface area (Å²) in [6, 6.07) is 7.63. The molecule has 0 spiro atoms. The van der Waals surface area contributed by atoms with Crippen molar-refractivity contribution >= 4 is 5.91 Å². The van der Waals surface area contributed by atoms with E-state index in [0.29, 0.717) is 18.9 Å². The van der Waals surface area contributed by atoms with Gasteiger partial charge < -0.3 is 15.2 Å². The van der Waals surface area contributed by atoms with E-state index in [1.54, 1.807) is 0 Å². The Morgan fingerprint density at radius 1 is 1.48 bits per heavy atom. The molecule has 1 aromatic rings. The number of nitrogens with one attached hydrogen (secondary N) is 1. The molecule has 0 aromatic heterocycles. The fourth-order valence-electron chi connectivity index (χ4n) is 2.50. The number of hydrogen-bond acceptors (Lipinski definition) is 3. The Labute approximate surface area is 126 Å². The Balaban J connectivity index is 1.92. The number of carbonyl (C=O) groups is 1. The highest BCUT2D eigenvalue weighted by atomic mass is 16.5. The summed E-state index contributed by atoms with van der Waals surface area (Å²) in [4.78, 5) is 12.2. The molecule has 1 unspecified atom stereocenters. The van der Waals surface area contributed by atoms with Crippen molar-refractivity contribution in [1.29, 1.82) is 0 Å². The van der Waals surface area contributed by atoms with Gasteiger partial charge in [0.25, 0.3) is 0 Å². The molecule has 2 N–H and O–H groups in total. The number of amides is 1. The average Bonchev–Trinajstić information content (AvgIpc) is 3.30. The molecule has 1 amide bonds. The van der Waals surface area contributed by atoms with Crippen molar-refractivity contribution in [2.24, 2.45) is 5.92 Å². The quantitative estimate of drug-likeness (QED) is 0.772. The Kier molecular flexibility index (Phi) is 5.23. The van der Waals surface area contributed by atoms with Gasteiger partial charge in [0.05, 0.1) is 25.2 Å². The minimum atomic E-state index is -0.479. The number of carbonyl (C=O) groups excluding carboxylic acids is 1. The third-order valence-corrected chi connectivity index (χ3v) is 3.97. The number of aliphatic hydroxyl groups is 1. The molecule has 4 heteroatoms. The smallest absolute Gasteiger partial charge is 0.224 e. The van der Waals surface area contributed by atoms with Crippen LogP contribution in [0.15, 0.2) is 24.3 Å². The van der Waals surface area contributed by atoms with Crippen molar-refractivity contribution in [1.82, 2.24) is 5.32 Å². The van der Waals surface area contributed by atoms with Crippen LogP contribution in [0.4, 0.5) is 0 Å². The van der Waals surface area contributed by atoms with Crippen molar-refractivity contribution in [3.8, 4) is 5.75 Å².